The molecule has 1 saturated carbocycles. The first-order chi connectivity index (χ1) is 14.6. The van der Waals surface area contributed by atoms with Crippen LogP contribution in [0.4, 0.5) is 0 Å². The van der Waals surface area contributed by atoms with E-state index in [0.717, 1.165) is 37.9 Å². The molecule has 0 amide bonds. The summed E-state index contributed by atoms with van der Waals surface area (Å²) >= 11 is 0. The topological polar surface area (TPSA) is 55.2 Å². The number of rotatable bonds is 6. The highest BCUT2D eigenvalue weighted by molar-refractivity contribution is 5.44. The summed E-state index contributed by atoms with van der Waals surface area (Å²) in [5, 5.41) is 11.0. The van der Waals surface area contributed by atoms with E-state index in [2.05, 4.69) is 46.9 Å². The van der Waals surface area contributed by atoms with Crippen molar-refractivity contribution in [2.75, 3.05) is 0 Å². The molecule has 0 unspecified atom stereocenters. The number of fused-ring (bicyclic) bond motifs is 3. The maximum atomic E-state index is 11.0. The van der Waals surface area contributed by atoms with Crippen LogP contribution in [0.1, 0.15) is 76.3 Å². The van der Waals surface area contributed by atoms with E-state index in [1.165, 1.54) is 36.8 Å². The summed E-state index contributed by atoms with van der Waals surface area (Å²) in [6.45, 7) is 4.09. The van der Waals surface area contributed by atoms with E-state index in [-0.39, 0.29) is 5.41 Å². The number of hydrogen-bond acceptors (Lipinski definition) is 4. The molecule has 1 fully saturated rings. The molecule has 30 heavy (non-hydrogen) atoms. The summed E-state index contributed by atoms with van der Waals surface area (Å²) < 4.78 is 5.95. The van der Waals surface area contributed by atoms with Gasteiger partial charge in [-0.15, -0.1) is 5.92 Å². The van der Waals surface area contributed by atoms with E-state index in [0.29, 0.717) is 11.8 Å². The Balaban J connectivity index is 1.65. The Morgan fingerprint density at radius 2 is 2.13 bits per heavy atom. The van der Waals surface area contributed by atoms with Gasteiger partial charge in [-0.2, -0.15) is 0 Å². The highest BCUT2D eigenvalue weighted by Gasteiger charge is 2.50. The van der Waals surface area contributed by atoms with Crippen LogP contribution in [0.3, 0.4) is 0 Å². The van der Waals surface area contributed by atoms with Crippen LogP contribution >= 0.6 is 0 Å². The fraction of sp³-hybridized carbons (Fsp3) is 0.538. The minimum atomic E-state index is -0.819. The highest BCUT2D eigenvalue weighted by atomic mass is 16.5. The molecule has 4 heteroatoms. The second-order valence-electron chi connectivity index (χ2n) is 8.92. The van der Waals surface area contributed by atoms with Crippen LogP contribution in [0.25, 0.3) is 0 Å². The van der Waals surface area contributed by atoms with E-state index in [9.17, 15) is 5.11 Å². The molecule has 4 rings (SSSR count). The average Bonchev–Trinajstić information content (AvgIpc) is 2.75. The van der Waals surface area contributed by atoms with Gasteiger partial charge in [0.25, 0.3) is 0 Å². The molecule has 0 saturated heterocycles. The van der Waals surface area contributed by atoms with Crippen molar-refractivity contribution in [3.05, 3.63) is 47.9 Å². The Labute approximate surface area is 180 Å². The minimum Gasteiger partial charge on any atom is -0.437 e. The standard InChI is InChI=1S/C26H32N2O2/c1-3-5-6-12-26-14-13-25(29,11-4-2)18-21(26)8-7-20-17-22(9-10-23(20)26)30-24-19-27-15-16-28-24/h9-10,15-17,19,21,29H,3,5-8,12-14,18H2,1-2H3/t21-,25-,26-/m1/s1. The van der Waals surface area contributed by atoms with Crippen molar-refractivity contribution in [2.24, 2.45) is 5.92 Å². The molecule has 1 aromatic heterocycles. The predicted molar refractivity (Wildman–Crippen MR) is 118 cm³/mol. The maximum Gasteiger partial charge on any atom is 0.237 e. The van der Waals surface area contributed by atoms with E-state index >= 15 is 0 Å². The summed E-state index contributed by atoms with van der Waals surface area (Å²) in [4.78, 5) is 8.30. The number of ether oxygens (including phenoxy) is 1. The van der Waals surface area contributed by atoms with E-state index in [1.54, 1.807) is 18.6 Å². The number of aliphatic hydroxyl groups is 1. The van der Waals surface area contributed by atoms with Gasteiger partial charge in [0.15, 0.2) is 0 Å². The average molecular weight is 405 g/mol. The van der Waals surface area contributed by atoms with Gasteiger partial charge in [-0.25, -0.2) is 4.98 Å². The van der Waals surface area contributed by atoms with Gasteiger partial charge in [0.1, 0.15) is 11.4 Å². The van der Waals surface area contributed by atoms with Crippen LogP contribution in [0, 0.1) is 17.8 Å². The molecule has 0 spiro atoms. The molecule has 2 aliphatic rings. The molecule has 0 bridgehead atoms. The zero-order chi connectivity index (χ0) is 21.0. The molecule has 1 aromatic carbocycles. The third kappa shape index (κ3) is 4.09. The Morgan fingerprint density at radius 1 is 1.23 bits per heavy atom. The van der Waals surface area contributed by atoms with Crippen LogP contribution in [-0.4, -0.2) is 20.7 Å². The largest absolute Gasteiger partial charge is 0.437 e. The van der Waals surface area contributed by atoms with E-state index in [1.807, 2.05) is 6.92 Å². The Morgan fingerprint density at radius 3 is 2.90 bits per heavy atom. The number of unbranched alkanes of at least 4 members (excludes halogenated alkanes) is 2. The van der Waals surface area contributed by atoms with Crippen LogP contribution in [0.5, 0.6) is 11.6 Å². The maximum absolute atomic E-state index is 11.0. The summed E-state index contributed by atoms with van der Waals surface area (Å²) in [5.74, 6) is 7.89. The molecule has 4 nitrogen and oxygen atoms in total. The van der Waals surface area contributed by atoms with Crippen molar-refractivity contribution in [2.45, 2.75) is 82.7 Å². The lowest BCUT2D eigenvalue weighted by molar-refractivity contribution is -0.0114. The van der Waals surface area contributed by atoms with Crippen molar-refractivity contribution in [3.63, 3.8) is 0 Å². The van der Waals surface area contributed by atoms with Crippen LogP contribution in [-0.2, 0) is 11.8 Å². The molecular formula is C26H32N2O2. The summed E-state index contributed by atoms with van der Waals surface area (Å²) in [6, 6.07) is 6.54. The fourth-order valence-electron chi connectivity index (χ4n) is 5.69. The SMILES string of the molecule is CC#C[C@@]1(O)CC[C@@]2(CCCCC)c3ccc(Oc4cnccn4)cc3CC[C@@H]2C1. The monoisotopic (exact) mass is 404 g/mol. The first-order valence-corrected chi connectivity index (χ1v) is 11.3. The van der Waals surface area contributed by atoms with Crippen molar-refractivity contribution in [3.8, 4) is 23.5 Å². The smallest absolute Gasteiger partial charge is 0.237 e. The first kappa shape index (κ1) is 20.9. The lowest BCUT2D eigenvalue weighted by Crippen LogP contribution is -2.49. The van der Waals surface area contributed by atoms with Crippen molar-refractivity contribution < 1.29 is 9.84 Å². The summed E-state index contributed by atoms with van der Waals surface area (Å²) in [5.41, 5.74) is 2.18. The van der Waals surface area contributed by atoms with Crippen LogP contribution in [0.2, 0.25) is 0 Å². The molecule has 2 aliphatic carbocycles. The van der Waals surface area contributed by atoms with Gasteiger partial charge in [-0.3, -0.25) is 4.98 Å². The third-order valence-electron chi connectivity index (χ3n) is 7.07. The molecule has 3 atom stereocenters. The van der Waals surface area contributed by atoms with Crippen molar-refractivity contribution >= 4 is 0 Å². The van der Waals surface area contributed by atoms with Gasteiger partial charge >= 0.3 is 0 Å². The Bertz CT molecular complexity index is 933. The number of aryl methyl sites for hydroxylation is 1. The minimum absolute atomic E-state index is 0.148. The predicted octanol–water partition coefficient (Wildman–Crippen LogP) is 5.59. The van der Waals surface area contributed by atoms with Gasteiger partial charge in [-0.05, 0) is 80.0 Å². The number of nitrogens with zero attached hydrogens (tertiary/aromatic N) is 2. The molecule has 1 heterocycles. The Kier molecular flexibility index (Phi) is 6.11. The number of aromatic nitrogens is 2. The number of benzene rings is 1. The van der Waals surface area contributed by atoms with Gasteiger partial charge in [0.2, 0.25) is 5.88 Å². The zero-order valence-corrected chi connectivity index (χ0v) is 18.2. The van der Waals surface area contributed by atoms with Crippen LogP contribution in [0.15, 0.2) is 36.8 Å². The summed E-state index contributed by atoms with van der Waals surface area (Å²) in [6.07, 6.45) is 14.5. The van der Waals surface area contributed by atoms with Gasteiger partial charge in [-0.1, -0.05) is 38.2 Å². The van der Waals surface area contributed by atoms with Crippen LogP contribution < -0.4 is 4.74 Å². The van der Waals surface area contributed by atoms with Crippen molar-refractivity contribution in [1.29, 1.82) is 0 Å². The zero-order valence-electron chi connectivity index (χ0n) is 18.2. The van der Waals surface area contributed by atoms with Crippen molar-refractivity contribution in [1.82, 2.24) is 9.97 Å². The first-order valence-electron chi connectivity index (χ1n) is 11.3. The fourth-order valence-corrected chi connectivity index (χ4v) is 5.69. The molecule has 158 valence electrons. The van der Waals surface area contributed by atoms with Gasteiger partial charge in [0, 0.05) is 12.4 Å². The molecule has 1 N–H and O–H groups in total. The van der Waals surface area contributed by atoms with E-state index < -0.39 is 5.60 Å². The quantitative estimate of drug-likeness (QED) is 0.504. The second-order valence-corrected chi connectivity index (χ2v) is 8.92. The lowest BCUT2D eigenvalue weighted by Gasteiger charge is -2.52. The molecule has 0 radical (unpaired) electrons. The molecule has 0 aliphatic heterocycles. The Hall–Kier alpha value is -2.38. The normalized spacial score (nSPS) is 27.4. The highest BCUT2D eigenvalue weighted by Crippen LogP contribution is 2.55. The molecule has 2 aromatic rings. The molecular weight excluding hydrogens is 372 g/mol. The summed E-state index contributed by atoms with van der Waals surface area (Å²) in [7, 11) is 0. The van der Waals surface area contributed by atoms with Gasteiger partial charge in [0.05, 0.1) is 6.20 Å². The second kappa shape index (κ2) is 8.78. The number of hydrogen-bond donors (Lipinski definition) is 1. The third-order valence-corrected chi connectivity index (χ3v) is 7.07. The van der Waals surface area contributed by atoms with Gasteiger partial charge < -0.3 is 9.84 Å². The van der Waals surface area contributed by atoms with E-state index in [4.69, 9.17) is 4.74 Å². The lowest BCUT2D eigenvalue weighted by atomic mass is 9.53.